The van der Waals surface area contributed by atoms with E-state index < -0.39 is 10.1 Å². The Hall–Kier alpha value is -0.520. The van der Waals surface area contributed by atoms with Crippen LogP contribution in [0.2, 0.25) is 0 Å². The van der Waals surface area contributed by atoms with Gasteiger partial charge in [0.2, 0.25) is 0 Å². The Kier molecular flexibility index (Phi) is 14.0. The predicted octanol–water partition coefficient (Wildman–Crippen LogP) is 7.51. The lowest BCUT2D eigenvalue weighted by atomic mass is 10.0. The van der Waals surface area contributed by atoms with E-state index in [9.17, 15) is 8.42 Å². The smallest absolute Gasteiger partial charge is 0.282 e. The largest absolute Gasteiger partial charge is 0.294 e. The van der Waals surface area contributed by atoms with Crippen molar-refractivity contribution in [2.45, 2.75) is 107 Å². The van der Waals surface area contributed by atoms with E-state index in [4.69, 9.17) is 4.55 Å². The maximum absolute atomic E-state index is 11.0. The van der Waals surface area contributed by atoms with Gasteiger partial charge in [-0.05, 0) is 36.4 Å². The predicted molar refractivity (Wildman–Crippen MR) is 117 cm³/mol. The number of thioether (sulfide) groups is 1. The van der Waals surface area contributed by atoms with Gasteiger partial charge in [-0.25, -0.2) is 0 Å². The number of rotatable bonds is 17. The van der Waals surface area contributed by atoms with Gasteiger partial charge in [0.25, 0.3) is 10.1 Å². The van der Waals surface area contributed by atoms with Crippen molar-refractivity contribution in [2.75, 3.05) is 5.75 Å². The number of hydrogen-bond donors (Lipinski definition) is 1. The normalized spacial score (nSPS) is 11.8. The first-order chi connectivity index (χ1) is 13.0. The van der Waals surface area contributed by atoms with Crippen LogP contribution in [0.15, 0.2) is 34.1 Å². The van der Waals surface area contributed by atoms with Crippen molar-refractivity contribution in [3.05, 3.63) is 24.3 Å². The summed E-state index contributed by atoms with van der Waals surface area (Å²) in [4.78, 5) is 1.01. The van der Waals surface area contributed by atoms with Gasteiger partial charge in [-0.3, -0.25) is 4.55 Å². The van der Waals surface area contributed by atoms with Crippen molar-refractivity contribution < 1.29 is 13.0 Å². The van der Waals surface area contributed by atoms with Gasteiger partial charge < -0.3 is 0 Å². The number of unbranched alkanes of at least 4 members (excludes halogenated alkanes) is 13. The molecule has 0 aliphatic carbocycles. The molecule has 0 aliphatic rings. The van der Waals surface area contributed by atoms with Crippen LogP contribution in [0.25, 0.3) is 0 Å². The molecule has 0 saturated carbocycles. The van der Waals surface area contributed by atoms with Crippen molar-refractivity contribution in [2.24, 2.45) is 0 Å². The highest BCUT2D eigenvalue weighted by Crippen LogP contribution is 2.22. The molecule has 1 rings (SSSR count). The van der Waals surface area contributed by atoms with Gasteiger partial charge in [0.05, 0.1) is 4.90 Å². The summed E-state index contributed by atoms with van der Waals surface area (Å²) in [5.74, 6) is 1.06. The molecule has 0 fully saturated rings. The van der Waals surface area contributed by atoms with E-state index in [1.807, 2.05) is 0 Å². The highest BCUT2D eigenvalue weighted by molar-refractivity contribution is 7.99. The molecule has 3 nitrogen and oxygen atoms in total. The molecule has 0 saturated heterocycles. The molecule has 0 amide bonds. The number of benzene rings is 1. The maximum Gasteiger partial charge on any atom is 0.294 e. The van der Waals surface area contributed by atoms with Gasteiger partial charge in [-0.15, -0.1) is 11.8 Å². The first kappa shape index (κ1) is 24.5. The van der Waals surface area contributed by atoms with Crippen LogP contribution in [0.5, 0.6) is 0 Å². The molecular weight excluding hydrogens is 376 g/mol. The van der Waals surface area contributed by atoms with Gasteiger partial charge in [0, 0.05) is 4.90 Å². The molecule has 156 valence electrons. The van der Waals surface area contributed by atoms with Crippen LogP contribution in [-0.4, -0.2) is 18.7 Å². The second-order valence-corrected chi connectivity index (χ2v) is 9.98. The summed E-state index contributed by atoms with van der Waals surface area (Å²) in [6, 6.07) is 6.45. The first-order valence-corrected chi connectivity index (χ1v) is 13.2. The molecule has 0 atom stereocenters. The van der Waals surface area contributed by atoms with E-state index in [0.717, 1.165) is 10.6 Å². The molecule has 1 aromatic carbocycles. The fraction of sp³-hybridized carbons (Fsp3) is 0.727. The van der Waals surface area contributed by atoms with Crippen molar-refractivity contribution in [3.8, 4) is 0 Å². The molecule has 0 unspecified atom stereocenters. The fourth-order valence-corrected chi connectivity index (χ4v) is 4.59. The summed E-state index contributed by atoms with van der Waals surface area (Å²) in [6.45, 7) is 2.27. The molecule has 0 aliphatic heterocycles. The van der Waals surface area contributed by atoms with Gasteiger partial charge >= 0.3 is 0 Å². The Morgan fingerprint density at radius 1 is 0.704 bits per heavy atom. The molecular formula is C22H38O3S2. The van der Waals surface area contributed by atoms with Crippen LogP contribution < -0.4 is 0 Å². The minimum absolute atomic E-state index is 0.0386. The summed E-state index contributed by atoms with van der Waals surface area (Å²) in [5, 5.41) is 0. The summed E-state index contributed by atoms with van der Waals surface area (Å²) in [7, 11) is -4.08. The lowest BCUT2D eigenvalue weighted by Crippen LogP contribution is -1.97. The maximum atomic E-state index is 11.0. The van der Waals surface area contributed by atoms with Crippen molar-refractivity contribution >= 4 is 21.9 Å². The summed E-state index contributed by atoms with van der Waals surface area (Å²) in [5.41, 5.74) is 0. The van der Waals surface area contributed by atoms with E-state index in [1.165, 1.54) is 102 Å². The third-order valence-corrected chi connectivity index (χ3v) is 6.85. The standard InChI is InChI=1S/C22H38O3S2/c1-2-3-4-5-6-7-8-9-10-11-12-13-14-15-20-26-21-16-18-22(19-17-21)27(23,24)25/h16-19H,2-15,20H2,1H3,(H,23,24,25). The lowest BCUT2D eigenvalue weighted by Gasteiger charge is -2.04. The topological polar surface area (TPSA) is 54.4 Å². The van der Waals surface area contributed by atoms with Crippen LogP contribution >= 0.6 is 11.8 Å². The second-order valence-electron chi connectivity index (χ2n) is 7.39. The Balaban J connectivity index is 1.88. The highest BCUT2D eigenvalue weighted by atomic mass is 32.2. The Labute approximate surface area is 171 Å². The molecule has 0 bridgehead atoms. The lowest BCUT2D eigenvalue weighted by molar-refractivity contribution is 0.483. The Morgan fingerprint density at radius 3 is 1.52 bits per heavy atom. The van der Waals surface area contributed by atoms with E-state index in [0.29, 0.717) is 0 Å². The van der Waals surface area contributed by atoms with Crippen molar-refractivity contribution in [1.29, 1.82) is 0 Å². The summed E-state index contributed by atoms with van der Waals surface area (Å²) in [6.07, 6.45) is 19.2. The third-order valence-electron chi connectivity index (χ3n) is 4.89. The molecule has 1 N–H and O–H groups in total. The van der Waals surface area contributed by atoms with Gasteiger partial charge in [0.15, 0.2) is 0 Å². The molecule has 0 aromatic heterocycles. The van der Waals surface area contributed by atoms with E-state index in [-0.39, 0.29) is 4.90 Å². The van der Waals surface area contributed by atoms with Gasteiger partial charge in [-0.2, -0.15) is 8.42 Å². The van der Waals surface area contributed by atoms with Crippen molar-refractivity contribution in [1.82, 2.24) is 0 Å². The Bertz CT molecular complexity index is 568. The quantitative estimate of drug-likeness (QED) is 0.163. The van der Waals surface area contributed by atoms with E-state index in [1.54, 1.807) is 23.9 Å². The SMILES string of the molecule is CCCCCCCCCCCCCCCCSc1ccc(S(=O)(=O)O)cc1. The molecule has 27 heavy (non-hydrogen) atoms. The molecule has 1 aromatic rings. The monoisotopic (exact) mass is 414 g/mol. The molecule has 0 radical (unpaired) electrons. The van der Waals surface area contributed by atoms with Gasteiger partial charge in [-0.1, -0.05) is 90.4 Å². The zero-order chi connectivity index (χ0) is 19.8. The average Bonchev–Trinajstić information content (AvgIpc) is 2.64. The van der Waals surface area contributed by atoms with Crippen LogP contribution in [0.4, 0.5) is 0 Å². The molecule has 0 spiro atoms. The molecule has 5 heteroatoms. The first-order valence-electron chi connectivity index (χ1n) is 10.7. The highest BCUT2D eigenvalue weighted by Gasteiger charge is 2.08. The zero-order valence-electron chi connectivity index (χ0n) is 17.0. The van der Waals surface area contributed by atoms with Crippen molar-refractivity contribution in [3.63, 3.8) is 0 Å². The minimum Gasteiger partial charge on any atom is -0.282 e. The summed E-state index contributed by atoms with van der Waals surface area (Å²) < 4.78 is 31.0. The van der Waals surface area contributed by atoms with Crippen LogP contribution in [0.3, 0.4) is 0 Å². The minimum atomic E-state index is -4.08. The average molecular weight is 415 g/mol. The summed E-state index contributed by atoms with van der Waals surface area (Å²) >= 11 is 1.75. The third kappa shape index (κ3) is 13.3. The molecule has 0 heterocycles. The number of hydrogen-bond acceptors (Lipinski definition) is 3. The zero-order valence-corrected chi connectivity index (χ0v) is 18.6. The van der Waals surface area contributed by atoms with Crippen LogP contribution in [-0.2, 0) is 10.1 Å². The van der Waals surface area contributed by atoms with Crippen LogP contribution in [0.1, 0.15) is 96.8 Å². The van der Waals surface area contributed by atoms with E-state index >= 15 is 0 Å². The fourth-order valence-electron chi connectivity index (χ4n) is 3.19. The van der Waals surface area contributed by atoms with Gasteiger partial charge in [0.1, 0.15) is 0 Å². The Morgan fingerprint density at radius 2 is 1.11 bits per heavy atom. The second kappa shape index (κ2) is 15.4. The van der Waals surface area contributed by atoms with E-state index in [2.05, 4.69) is 6.92 Å². The van der Waals surface area contributed by atoms with Crippen LogP contribution in [0, 0.1) is 0 Å².